The number of benzene rings is 2. The molecule has 1 aliphatic heterocycles. The van der Waals surface area contributed by atoms with Crippen molar-refractivity contribution in [3.05, 3.63) is 59.2 Å². The maximum atomic E-state index is 6.19. The average Bonchev–Trinajstić information content (AvgIpc) is 3.04. The van der Waals surface area contributed by atoms with Crippen LogP contribution >= 0.6 is 11.6 Å². The zero-order valence-electron chi connectivity index (χ0n) is 13.4. The Labute approximate surface area is 149 Å². The highest BCUT2D eigenvalue weighted by Gasteiger charge is 2.14. The maximum absolute atomic E-state index is 6.19. The molecule has 3 aromatic rings. The molecule has 0 saturated carbocycles. The molecule has 0 fully saturated rings. The number of hydrogen-bond donors (Lipinski definition) is 2. The highest BCUT2D eigenvalue weighted by Crippen LogP contribution is 2.35. The van der Waals surface area contributed by atoms with E-state index in [2.05, 4.69) is 20.6 Å². The lowest BCUT2D eigenvalue weighted by molar-refractivity contribution is 0.174. The molecule has 0 amide bonds. The second-order valence-electron chi connectivity index (χ2n) is 5.52. The minimum atomic E-state index is 0.242. The summed E-state index contributed by atoms with van der Waals surface area (Å²) in [4.78, 5) is 8.91. The molecule has 1 aliphatic rings. The Morgan fingerprint density at radius 1 is 0.960 bits per heavy atom. The quantitative estimate of drug-likeness (QED) is 0.710. The van der Waals surface area contributed by atoms with Crippen LogP contribution in [0.25, 0.3) is 0 Å². The fourth-order valence-electron chi connectivity index (χ4n) is 2.49. The van der Waals surface area contributed by atoms with Gasteiger partial charge in [0.15, 0.2) is 11.5 Å². The normalized spacial score (nSPS) is 12.1. The molecular weight excluding hydrogens is 340 g/mol. The largest absolute Gasteiger partial charge is 0.454 e. The smallest absolute Gasteiger partial charge is 0.231 e. The third-order valence-electron chi connectivity index (χ3n) is 3.62. The van der Waals surface area contributed by atoms with Crippen molar-refractivity contribution in [2.75, 3.05) is 17.4 Å². The number of aromatic nitrogens is 2. The van der Waals surface area contributed by atoms with Crippen LogP contribution in [0.2, 0.25) is 5.02 Å². The number of anilines is 4. The number of nitrogens with zero attached hydrogens (tertiary/aromatic N) is 2. The van der Waals surface area contributed by atoms with Crippen LogP contribution in [-0.4, -0.2) is 16.8 Å². The lowest BCUT2D eigenvalue weighted by Gasteiger charge is -2.11. The molecule has 7 heteroatoms. The number of aryl methyl sites for hydroxylation is 1. The fourth-order valence-corrected chi connectivity index (χ4v) is 2.68. The van der Waals surface area contributed by atoms with E-state index in [0.717, 1.165) is 22.8 Å². The highest BCUT2D eigenvalue weighted by molar-refractivity contribution is 6.33. The SMILES string of the molecule is Cc1cc(Nc2ccccc2Cl)nc(Nc2ccc3c(c2)OCO3)n1. The van der Waals surface area contributed by atoms with Gasteiger partial charge in [0.25, 0.3) is 0 Å². The number of fused-ring (bicyclic) bond motifs is 1. The summed E-state index contributed by atoms with van der Waals surface area (Å²) in [5.74, 6) is 2.57. The van der Waals surface area contributed by atoms with Crippen molar-refractivity contribution >= 4 is 34.7 Å². The first-order valence-electron chi connectivity index (χ1n) is 7.71. The summed E-state index contributed by atoms with van der Waals surface area (Å²) in [6.45, 7) is 2.15. The standard InChI is InChI=1S/C18H15ClN4O2/c1-11-8-17(22-14-5-3-2-4-13(14)19)23-18(20-11)21-12-6-7-15-16(9-12)25-10-24-15/h2-9H,10H2,1H3,(H2,20,21,22,23). The number of halogens is 1. The molecule has 2 heterocycles. The van der Waals surface area contributed by atoms with Crippen LogP contribution in [0.4, 0.5) is 23.1 Å². The fraction of sp³-hybridized carbons (Fsp3) is 0.111. The van der Waals surface area contributed by atoms with Gasteiger partial charge in [0, 0.05) is 23.5 Å². The first-order valence-corrected chi connectivity index (χ1v) is 8.09. The van der Waals surface area contributed by atoms with Gasteiger partial charge in [0.05, 0.1) is 10.7 Å². The molecule has 0 bridgehead atoms. The van der Waals surface area contributed by atoms with Gasteiger partial charge in [0.1, 0.15) is 5.82 Å². The number of ether oxygens (including phenoxy) is 2. The predicted octanol–water partition coefficient (Wildman–Crippen LogP) is 4.65. The summed E-state index contributed by atoms with van der Waals surface area (Å²) < 4.78 is 10.7. The van der Waals surface area contributed by atoms with Crippen LogP contribution in [0, 0.1) is 6.92 Å². The van der Waals surface area contributed by atoms with Crippen LogP contribution in [0.15, 0.2) is 48.5 Å². The predicted molar refractivity (Wildman–Crippen MR) is 97.4 cm³/mol. The van der Waals surface area contributed by atoms with Gasteiger partial charge >= 0.3 is 0 Å². The molecule has 0 spiro atoms. The molecule has 1 aromatic heterocycles. The zero-order valence-corrected chi connectivity index (χ0v) is 14.2. The Morgan fingerprint density at radius 3 is 2.68 bits per heavy atom. The van der Waals surface area contributed by atoms with Crippen molar-refractivity contribution in [1.82, 2.24) is 9.97 Å². The van der Waals surface area contributed by atoms with E-state index in [1.54, 1.807) is 0 Å². The van der Waals surface area contributed by atoms with Crippen molar-refractivity contribution in [3.8, 4) is 11.5 Å². The summed E-state index contributed by atoms with van der Waals surface area (Å²) >= 11 is 6.19. The molecule has 0 atom stereocenters. The summed E-state index contributed by atoms with van der Waals surface area (Å²) in [6, 6.07) is 15.0. The minimum Gasteiger partial charge on any atom is -0.454 e. The summed E-state index contributed by atoms with van der Waals surface area (Å²) in [5, 5.41) is 7.03. The summed E-state index contributed by atoms with van der Waals surface area (Å²) in [5.41, 5.74) is 2.43. The first kappa shape index (κ1) is 15.5. The molecule has 2 N–H and O–H groups in total. The Kier molecular flexibility index (Phi) is 4.03. The molecule has 0 radical (unpaired) electrons. The molecule has 2 aromatic carbocycles. The van der Waals surface area contributed by atoms with E-state index in [-0.39, 0.29) is 6.79 Å². The third kappa shape index (κ3) is 3.44. The Morgan fingerprint density at radius 2 is 1.80 bits per heavy atom. The van der Waals surface area contributed by atoms with Gasteiger partial charge in [-0.05, 0) is 31.2 Å². The van der Waals surface area contributed by atoms with E-state index in [1.807, 2.05) is 55.5 Å². The lowest BCUT2D eigenvalue weighted by Crippen LogP contribution is -2.02. The number of para-hydroxylation sites is 1. The third-order valence-corrected chi connectivity index (χ3v) is 3.95. The van der Waals surface area contributed by atoms with Crippen molar-refractivity contribution in [1.29, 1.82) is 0 Å². The van der Waals surface area contributed by atoms with Crippen LogP contribution in [0.1, 0.15) is 5.69 Å². The van der Waals surface area contributed by atoms with Crippen LogP contribution < -0.4 is 20.1 Å². The molecule has 0 saturated heterocycles. The van der Waals surface area contributed by atoms with Gasteiger partial charge in [-0.1, -0.05) is 23.7 Å². The molecule has 25 heavy (non-hydrogen) atoms. The lowest BCUT2D eigenvalue weighted by atomic mass is 10.3. The molecular formula is C18H15ClN4O2. The molecule has 0 aliphatic carbocycles. The monoisotopic (exact) mass is 354 g/mol. The summed E-state index contributed by atoms with van der Waals surface area (Å²) in [7, 11) is 0. The number of rotatable bonds is 4. The van der Waals surface area contributed by atoms with Crippen LogP contribution in [-0.2, 0) is 0 Å². The molecule has 126 valence electrons. The average molecular weight is 355 g/mol. The Balaban J connectivity index is 1.58. The number of nitrogens with one attached hydrogen (secondary N) is 2. The van der Waals surface area contributed by atoms with Crippen molar-refractivity contribution < 1.29 is 9.47 Å². The van der Waals surface area contributed by atoms with Gasteiger partial charge in [-0.3, -0.25) is 0 Å². The van der Waals surface area contributed by atoms with Gasteiger partial charge < -0.3 is 20.1 Å². The topological polar surface area (TPSA) is 68.3 Å². The minimum absolute atomic E-state index is 0.242. The van der Waals surface area contributed by atoms with Crippen LogP contribution in [0.3, 0.4) is 0 Å². The Hall–Kier alpha value is -2.99. The Bertz CT molecular complexity index is 933. The molecule has 0 unspecified atom stereocenters. The van der Waals surface area contributed by atoms with E-state index in [1.165, 1.54) is 0 Å². The first-order chi connectivity index (χ1) is 12.2. The molecule has 4 rings (SSSR count). The van der Waals surface area contributed by atoms with Gasteiger partial charge in [0.2, 0.25) is 12.7 Å². The second kappa shape index (κ2) is 6.49. The summed E-state index contributed by atoms with van der Waals surface area (Å²) in [6.07, 6.45) is 0. The van der Waals surface area contributed by atoms with E-state index < -0.39 is 0 Å². The van der Waals surface area contributed by atoms with E-state index in [0.29, 0.717) is 22.5 Å². The van der Waals surface area contributed by atoms with Gasteiger partial charge in [-0.2, -0.15) is 4.98 Å². The van der Waals surface area contributed by atoms with E-state index in [4.69, 9.17) is 21.1 Å². The highest BCUT2D eigenvalue weighted by atomic mass is 35.5. The van der Waals surface area contributed by atoms with E-state index in [9.17, 15) is 0 Å². The second-order valence-corrected chi connectivity index (χ2v) is 5.92. The maximum Gasteiger partial charge on any atom is 0.231 e. The van der Waals surface area contributed by atoms with Gasteiger partial charge in [-0.15, -0.1) is 0 Å². The van der Waals surface area contributed by atoms with Gasteiger partial charge in [-0.25, -0.2) is 4.98 Å². The number of hydrogen-bond acceptors (Lipinski definition) is 6. The van der Waals surface area contributed by atoms with E-state index >= 15 is 0 Å². The van der Waals surface area contributed by atoms with Crippen molar-refractivity contribution in [2.45, 2.75) is 6.92 Å². The van der Waals surface area contributed by atoms with Crippen LogP contribution in [0.5, 0.6) is 11.5 Å². The van der Waals surface area contributed by atoms with Crippen molar-refractivity contribution in [3.63, 3.8) is 0 Å². The molecule has 6 nitrogen and oxygen atoms in total. The van der Waals surface area contributed by atoms with Crippen molar-refractivity contribution in [2.24, 2.45) is 0 Å². The zero-order chi connectivity index (χ0) is 17.2.